The lowest BCUT2D eigenvalue weighted by Crippen LogP contribution is -2.42. The molecule has 0 aliphatic heterocycles. The molecule has 0 radical (unpaired) electrons. The molecule has 0 saturated heterocycles. The minimum Gasteiger partial charge on any atom is -0.320 e. The van der Waals surface area contributed by atoms with Gasteiger partial charge >= 0.3 is 0 Å². The molecule has 1 rings (SSSR count). The van der Waals surface area contributed by atoms with Gasteiger partial charge in [-0.1, -0.05) is 18.2 Å². The molecule has 0 fully saturated rings. The Hall–Kier alpha value is -1.00. The summed E-state index contributed by atoms with van der Waals surface area (Å²) in [6.07, 6.45) is 2.73. The Labute approximate surface area is 107 Å². The molecule has 3 nitrogen and oxygen atoms in total. The van der Waals surface area contributed by atoms with Gasteiger partial charge in [0.05, 0.1) is 6.04 Å². The number of carbonyl (C=O) groups excluding carboxylic acids is 1. The highest BCUT2D eigenvalue weighted by Gasteiger charge is 2.19. The zero-order valence-electron chi connectivity index (χ0n) is 10.6. The van der Waals surface area contributed by atoms with Crippen molar-refractivity contribution in [1.29, 1.82) is 0 Å². The van der Waals surface area contributed by atoms with E-state index >= 15 is 0 Å². The van der Waals surface area contributed by atoms with E-state index in [1.807, 2.05) is 37.4 Å². The smallest absolute Gasteiger partial charge is 0.243 e. The Kier molecular flexibility index (Phi) is 5.51. The van der Waals surface area contributed by atoms with Crippen LogP contribution in [0.1, 0.15) is 12.0 Å². The van der Waals surface area contributed by atoms with Gasteiger partial charge in [-0.2, -0.15) is 11.8 Å². The Bertz CT molecular complexity index is 381. The van der Waals surface area contributed by atoms with Gasteiger partial charge in [-0.25, -0.2) is 0 Å². The average Bonchev–Trinajstić information content (AvgIpc) is 2.34. The largest absolute Gasteiger partial charge is 0.320 e. The van der Waals surface area contributed by atoms with Crippen LogP contribution in [0, 0.1) is 6.92 Å². The molecular formula is C13H20N2OS. The molecule has 4 heteroatoms. The van der Waals surface area contributed by atoms with E-state index in [-0.39, 0.29) is 5.91 Å². The van der Waals surface area contributed by atoms with Gasteiger partial charge in [-0.15, -0.1) is 0 Å². The molecule has 0 aliphatic carbocycles. The fourth-order valence-electron chi connectivity index (χ4n) is 1.68. The molecule has 0 aromatic heterocycles. The van der Waals surface area contributed by atoms with E-state index in [1.54, 1.807) is 23.7 Å². The molecule has 1 amide bonds. The predicted octanol–water partition coefficient (Wildman–Crippen LogP) is 2.04. The number of hydrogen-bond donors (Lipinski definition) is 1. The van der Waals surface area contributed by atoms with Crippen LogP contribution in [-0.4, -0.2) is 31.0 Å². The number of anilines is 1. The van der Waals surface area contributed by atoms with Gasteiger partial charge in [0, 0.05) is 12.7 Å². The summed E-state index contributed by atoms with van der Waals surface area (Å²) in [5.74, 6) is 0.891. The van der Waals surface area contributed by atoms with E-state index in [0.29, 0.717) is 0 Å². The highest BCUT2D eigenvalue weighted by molar-refractivity contribution is 7.98. The molecule has 0 saturated carbocycles. The summed E-state index contributed by atoms with van der Waals surface area (Å²) in [5, 5.41) is 0. The number of carbonyl (C=O) groups is 1. The third kappa shape index (κ3) is 3.75. The van der Waals surface area contributed by atoms with E-state index in [9.17, 15) is 4.79 Å². The zero-order valence-corrected chi connectivity index (χ0v) is 11.5. The first kappa shape index (κ1) is 14.1. The van der Waals surface area contributed by atoms with Gasteiger partial charge in [-0.05, 0) is 37.0 Å². The minimum absolute atomic E-state index is 0.0200. The normalized spacial score (nSPS) is 12.2. The Morgan fingerprint density at radius 1 is 1.47 bits per heavy atom. The summed E-state index contributed by atoms with van der Waals surface area (Å²) in [5.41, 5.74) is 7.90. The first-order valence-electron chi connectivity index (χ1n) is 5.65. The average molecular weight is 252 g/mol. The molecule has 0 spiro atoms. The molecule has 0 heterocycles. The lowest BCUT2D eigenvalue weighted by Gasteiger charge is -2.22. The number of benzene rings is 1. The molecule has 0 aliphatic rings. The van der Waals surface area contributed by atoms with Crippen molar-refractivity contribution in [2.75, 3.05) is 24.0 Å². The Morgan fingerprint density at radius 2 is 2.12 bits per heavy atom. The summed E-state index contributed by atoms with van der Waals surface area (Å²) < 4.78 is 0. The zero-order chi connectivity index (χ0) is 12.8. The first-order chi connectivity index (χ1) is 8.07. The van der Waals surface area contributed by atoms with Gasteiger partial charge in [0.15, 0.2) is 0 Å². The van der Waals surface area contributed by atoms with Crippen LogP contribution in [0.5, 0.6) is 0 Å². The van der Waals surface area contributed by atoms with E-state index in [0.717, 1.165) is 23.4 Å². The van der Waals surface area contributed by atoms with Crippen LogP contribution in [0.4, 0.5) is 5.69 Å². The van der Waals surface area contributed by atoms with Gasteiger partial charge in [-0.3, -0.25) is 4.79 Å². The van der Waals surface area contributed by atoms with Gasteiger partial charge < -0.3 is 10.6 Å². The van der Waals surface area contributed by atoms with E-state index in [4.69, 9.17) is 5.73 Å². The number of amides is 1. The molecule has 17 heavy (non-hydrogen) atoms. The Balaban J connectivity index is 2.73. The summed E-state index contributed by atoms with van der Waals surface area (Å²) in [4.78, 5) is 13.7. The highest BCUT2D eigenvalue weighted by Crippen LogP contribution is 2.18. The fourth-order valence-corrected chi connectivity index (χ4v) is 2.17. The van der Waals surface area contributed by atoms with Crippen LogP contribution >= 0.6 is 11.8 Å². The number of likely N-dealkylation sites (N-methyl/N-ethyl adjacent to an activating group) is 1. The number of para-hydroxylation sites is 1. The quantitative estimate of drug-likeness (QED) is 0.872. The molecule has 1 atom stereocenters. The van der Waals surface area contributed by atoms with Crippen molar-refractivity contribution < 1.29 is 4.79 Å². The molecule has 0 unspecified atom stereocenters. The number of aryl methyl sites for hydroxylation is 1. The van der Waals surface area contributed by atoms with Crippen LogP contribution in [0.15, 0.2) is 24.3 Å². The van der Waals surface area contributed by atoms with Crippen molar-refractivity contribution in [3.63, 3.8) is 0 Å². The van der Waals surface area contributed by atoms with Crippen molar-refractivity contribution >= 4 is 23.4 Å². The summed E-state index contributed by atoms with van der Waals surface area (Å²) in [7, 11) is 1.78. The molecule has 2 N–H and O–H groups in total. The third-order valence-electron chi connectivity index (χ3n) is 2.76. The first-order valence-corrected chi connectivity index (χ1v) is 7.05. The number of thioether (sulfide) groups is 1. The monoisotopic (exact) mass is 252 g/mol. The second-order valence-electron chi connectivity index (χ2n) is 4.07. The van der Waals surface area contributed by atoms with E-state index in [1.165, 1.54) is 0 Å². The summed E-state index contributed by atoms with van der Waals surface area (Å²) >= 11 is 1.71. The van der Waals surface area contributed by atoms with Crippen LogP contribution in [-0.2, 0) is 4.79 Å². The van der Waals surface area contributed by atoms with Crippen molar-refractivity contribution in [1.82, 2.24) is 0 Å². The lowest BCUT2D eigenvalue weighted by atomic mass is 10.1. The fraction of sp³-hybridized carbons (Fsp3) is 0.462. The van der Waals surface area contributed by atoms with Crippen LogP contribution in [0.25, 0.3) is 0 Å². The number of nitrogens with two attached hydrogens (primary N) is 1. The van der Waals surface area contributed by atoms with Crippen LogP contribution in [0.3, 0.4) is 0 Å². The highest BCUT2D eigenvalue weighted by atomic mass is 32.2. The maximum absolute atomic E-state index is 12.1. The number of rotatable bonds is 5. The van der Waals surface area contributed by atoms with Crippen molar-refractivity contribution in [3.8, 4) is 0 Å². The van der Waals surface area contributed by atoms with Gasteiger partial charge in [0.1, 0.15) is 0 Å². The molecule has 0 bridgehead atoms. The minimum atomic E-state index is -0.410. The number of hydrogen-bond acceptors (Lipinski definition) is 3. The summed E-state index contributed by atoms with van der Waals surface area (Å²) in [6.45, 7) is 1.99. The van der Waals surface area contributed by atoms with Crippen molar-refractivity contribution in [3.05, 3.63) is 29.8 Å². The van der Waals surface area contributed by atoms with Gasteiger partial charge in [0.25, 0.3) is 0 Å². The SMILES string of the molecule is CSCC[C@@H](N)C(=O)N(C)c1ccccc1C. The van der Waals surface area contributed by atoms with E-state index < -0.39 is 6.04 Å². The van der Waals surface area contributed by atoms with Crippen LogP contribution in [0.2, 0.25) is 0 Å². The topological polar surface area (TPSA) is 46.3 Å². The third-order valence-corrected chi connectivity index (χ3v) is 3.40. The lowest BCUT2D eigenvalue weighted by molar-refractivity contribution is -0.119. The number of nitrogens with zero attached hydrogens (tertiary/aromatic N) is 1. The summed E-state index contributed by atoms with van der Waals surface area (Å²) in [6, 6.07) is 7.41. The van der Waals surface area contributed by atoms with E-state index in [2.05, 4.69) is 0 Å². The van der Waals surface area contributed by atoms with Crippen molar-refractivity contribution in [2.45, 2.75) is 19.4 Å². The molecular weight excluding hydrogens is 232 g/mol. The molecule has 1 aromatic rings. The van der Waals surface area contributed by atoms with Gasteiger partial charge in [0.2, 0.25) is 5.91 Å². The maximum atomic E-state index is 12.1. The second-order valence-corrected chi connectivity index (χ2v) is 5.06. The predicted molar refractivity (Wildman–Crippen MR) is 75.6 cm³/mol. The Morgan fingerprint density at radius 3 is 2.71 bits per heavy atom. The second kappa shape index (κ2) is 6.67. The van der Waals surface area contributed by atoms with Crippen LogP contribution < -0.4 is 10.6 Å². The molecule has 94 valence electrons. The van der Waals surface area contributed by atoms with Crippen molar-refractivity contribution in [2.24, 2.45) is 5.73 Å². The maximum Gasteiger partial charge on any atom is 0.243 e. The standard InChI is InChI=1S/C13H20N2OS/c1-10-6-4-5-7-12(10)15(2)13(16)11(14)8-9-17-3/h4-7,11H,8-9,14H2,1-3H3/t11-/m1/s1. The molecule has 1 aromatic carbocycles.